The number of Topliss-reactive ketones (excluding diaryl/α,β-unsaturated/α-hetero) is 1. The second kappa shape index (κ2) is 9.06. The number of benzene rings is 2. The number of aliphatic hydroxyl groups is 1. The first-order chi connectivity index (χ1) is 10.1. The molecule has 0 spiro atoms. The van der Waals surface area contributed by atoms with Gasteiger partial charge >= 0.3 is 0 Å². The van der Waals surface area contributed by atoms with Crippen molar-refractivity contribution in [3.05, 3.63) is 71.3 Å². The Kier molecular flexibility index (Phi) is 7.37. The smallest absolute Gasteiger partial charge is 0.195 e. The minimum atomic E-state index is -1.08. The fourth-order valence-electron chi connectivity index (χ4n) is 1.85. The Morgan fingerprint density at radius 3 is 2.05 bits per heavy atom. The highest BCUT2D eigenvalue weighted by molar-refractivity contribution is 5.99. The maximum absolute atomic E-state index is 12.1. The van der Waals surface area contributed by atoms with Crippen molar-refractivity contribution in [1.29, 1.82) is 0 Å². The molecular formula is C18H23NO2. The zero-order valence-corrected chi connectivity index (χ0v) is 12.8. The Labute approximate surface area is 126 Å². The Bertz CT molecular complexity index is 535. The molecule has 0 aliphatic heterocycles. The Morgan fingerprint density at radius 2 is 1.57 bits per heavy atom. The number of nitrogens with one attached hydrogen (secondary N) is 1. The fraction of sp³-hybridized carbons (Fsp3) is 0.278. The molecule has 0 aliphatic rings. The summed E-state index contributed by atoms with van der Waals surface area (Å²) in [5.74, 6) is -0.260. The summed E-state index contributed by atoms with van der Waals surface area (Å²) in [6.45, 7) is 2.07. The van der Waals surface area contributed by atoms with Gasteiger partial charge in [-0.1, -0.05) is 61.5 Å². The van der Waals surface area contributed by atoms with Crippen LogP contribution < -0.4 is 5.32 Å². The normalized spacial score (nSPS) is 11.2. The van der Waals surface area contributed by atoms with Gasteiger partial charge in [0.1, 0.15) is 6.10 Å². The van der Waals surface area contributed by atoms with Crippen molar-refractivity contribution < 1.29 is 9.90 Å². The van der Waals surface area contributed by atoms with E-state index in [2.05, 4.69) is 12.2 Å². The molecule has 112 valence electrons. The molecule has 2 aromatic carbocycles. The van der Waals surface area contributed by atoms with Gasteiger partial charge in [0.05, 0.1) is 0 Å². The minimum Gasteiger partial charge on any atom is -0.380 e. The number of aliphatic hydroxyl groups excluding tert-OH is 1. The van der Waals surface area contributed by atoms with Crippen molar-refractivity contribution in [2.45, 2.75) is 19.4 Å². The molecule has 0 saturated heterocycles. The predicted octanol–water partition coefficient (Wildman–Crippen LogP) is 3.00. The van der Waals surface area contributed by atoms with E-state index in [1.54, 1.807) is 24.3 Å². The average Bonchev–Trinajstić information content (AvgIpc) is 2.55. The lowest BCUT2D eigenvalue weighted by atomic mass is 9.99. The second-order valence-corrected chi connectivity index (χ2v) is 4.73. The van der Waals surface area contributed by atoms with Gasteiger partial charge in [-0.05, 0) is 31.6 Å². The number of hydrogen-bond donors (Lipinski definition) is 2. The van der Waals surface area contributed by atoms with E-state index in [0.717, 1.165) is 6.42 Å². The monoisotopic (exact) mass is 285 g/mol. The number of carbonyl (C=O) groups is 1. The summed E-state index contributed by atoms with van der Waals surface area (Å²) < 4.78 is 0. The number of hydrogen-bond acceptors (Lipinski definition) is 3. The minimum absolute atomic E-state index is 0.260. The molecule has 2 aromatic rings. The highest BCUT2D eigenvalue weighted by Crippen LogP contribution is 2.18. The van der Waals surface area contributed by atoms with Gasteiger partial charge in [-0.25, -0.2) is 0 Å². The number of aryl methyl sites for hydroxylation is 1. The molecule has 0 aromatic heterocycles. The number of carbonyl (C=O) groups excluding carboxylic acids is 1. The fourth-order valence-corrected chi connectivity index (χ4v) is 1.85. The van der Waals surface area contributed by atoms with Crippen LogP contribution in [0.15, 0.2) is 54.6 Å². The molecule has 1 unspecified atom stereocenters. The molecular weight excluding hydrogens is 262 g/mol. The first-order valence-electron chi connectivity index (χ1n) is 7.08. The van der Waals surface area contributed by atoms with Crippen molar-refractivity contribution >= 4 is 5.78 Å². The van der Waals surface area contributed by atoms with E-state index in [0.29, 0.717) is 11.1 Å². The van der Waals surface area contributed by atoms with E-state index in [9.17, 15) is 9.90 Å². The Morgan fingerprint density at radius 1 is 1.05 bits per heavy atom. The summed E-state index contributed by atoms with van der Waals surface area (Å²) in [6.07, 6.45) is -0.144. The lowest BCUT2D eigenvalue weighted by Crippen LogP contribution is -2.12. The van der Waals surface area contributed by atoms with Crippen molar-refractivity contribution in [2.24, 2.45) is 0 Å². The Balaban J connectivity index is 0.000000677. The summed E-state index contributed by atoms with van der Waals surface area (Å²) >= 11 is 0. The van der Waals surface area contributed by atoms with E-state index in [1.165, 1.54) is 5.56 Å². The van der Waals surface area contributed by atoms with E-state index in [1.807, 2.05) is 44.4 Å². The summed E-state index contributed by atoms with van der Waals surface area (Å²) in [5, 5.41) is 12.8. The van der Waals surface area contributed by atoms with E-state index in [4.69, 9.17) is 0 Å². The lowest BCUT2D eigenvalue weighted by molar-refractivity contribution is 0.0747. The highest BCUT2D eigenvalue weighted by Gasteiger charge is 2.18. The van der Waals surface area contributed by atoms with Crippen molar-refractivity contribution in [1.82, 2.24) is 5.32 Å². The molecule has 0 bridgehead atoms. The quantitative estimate of drug-likeness (QED) is 0.849. The second-order valence-electron chi connectivity index (χ2n) is 4.73. The van der Waals surface area contributed by atoms with Crippen LogP contribution in [0.4, 0.5) is 0 Å². The molecule has 2 N–H and O–H groups in total. The number of ketones is 1. The molecule has 3 nitrogen and oxygen atoms in total. The molecule has 21 heavy (non-hydrogen) atoms. The maximum atomic E-state index is 12.1. The van der Waals surface area contributed by atoms with Gasteiger partial charge in [0.15, 0.2) is 5.78 Å². The molecule has 1 atom stereocenters. The van der Waals surface area contributed by atoms with Crippen LogP contribution in [0.5, 0.6) is 0 Å². The van der Waals surface area contributed by atoms with Crippen molar-refractivity contribution in [2.75, 3.05) is 14.1 Å². The third-order valence-corrected chi connectivity index (χ3v) is 3.01. The number of rotatable bonds is 4. The molecule has 2 rings (SSSR count). The zero-order chi connectivity index (χ0) is 15.7. The standard InChI is InChI=1S/C16H16O2.C2H7N/c1-2-12-8-10-14(11-9-12)16(18)15(17)13-6-4-3-5-7-13;1-3-2/h3-11,15,17H,2H2,1H3;3H,1-2H3. The third-order valence-electron chi connectivity index (χ3n) is 3.01. The van der Waals surface area contributed by atoms with Gasteiger partial charge in [-0.3, -0.25) is 4.79 Å². The topological polar surface area (TPSA) is 49.3 Å². The lowest BCUT2D eigenvalue weighted by Gasteiger charge is -2.10. The van der Waals surface area contributed by atoms with Crippen LogP contribution in [0.2, 0.25) is 0 Å². The SMILES string of the molecule is CCc1ccc(C(=O)C(O)c2ccccc2)cc1.CNC. The summed E-state index contributed by atoms with van der Waals surface area (Å²) in [6, 6.07) is 16.4. The molecule has 3 heteroatoms. The van der Waals surface area contributed by atoms with E-state index in [-0.39, 0.29) is 5.78 Å². The molecule has 0 amide bonds. The molecule has 0 radical (unpaired) electrons. The molecule has 0 fully saturated rings. The van der Waals surface area contributed by atoms with Crippen LogP contribution in [-0.4, -0.2) is 25.0 Å². The zero-order valence-electron chi connectivity index (χ0n) is 12.8. The third kappa shape index (κ3) is 5.14. The van der Waals surface area contributed by atoms with Crippen LogP contribution >= 0.6 is 0 Å². The van der Waals surface area contributed by atoms with Crippen molar-refractivity contribution in [3.8, 4) is 0 Å². The predicted molar refractivity (Wildman–Crippen MR) is 86.5 cm³/mol. The van der Waals surface area contributed by atoms with Gasteiger partial charge in [-0.15, -0.1) is 0 Å². The van der Waals surface area contributed by atoms with Crippen molar-refractivity contribution in [3.63, 3.8) is 0 Å². The average molecular weight is 285 g/mol. The van der Waals surface area contributed by atoms with E-state index < -0.39 is 6.10 Å². The summed E-state index contributed by atoms with van der Waals surface area (Å²) in [4.78, 5) is 12.1. The summed E-state index contributed by atoms with van der Waals surface area (Å²) in [7, 11) is 3.75. The van der Waals surface area contributed by atoms with E-state index >= 15 is 0 Å². The van der Waals surface area contributed by atoms with Crippen LogP contribution in [0.1, 0.15) is 34.5 Å². The maximum Gasteiger partial charge on any atom is 0.195 e. The van der Waals surface area contributed by atoms with Gasteiger partial charge < -0.3 is 10.4 Å². The first kappa shape index (κ1) is 17.1. The first-order valence-corrected chi connectivity index (χ1v) is 7.08. The van der Waals surface area contributed by atoms with Gasteiger partial charge in [-0.2, -0.15) is 0 Å². The summed E-state index contributed by atoms with van der Waals surface area (Å²) in [5.41, 5.74) is 2.35. The van der Waals surface area contributed by atoms with Crippen LogP contribution in [-0.2, 0) is 6.42 Å². The van der Waals surface area contributed by atoms with Gasteiger partial charge in [0.2, 0.25) is 0 Å². The molecule has 0 heterocycles. The van der Waals surface area contributed by atoms with Gasteiger partial charge in [0, 0.05) is 5.56 Å². The molecule has 0 aliphatic carbocycles. The molecule has 0 saturated carbocycles. The highest BCUT2D eigenvalue weighted by atomic mass is 16.3. The van der Waals surface area contributed by atoms with Crippen LogP contribution in [0.25, 0.3) is 0 Å². The van der Waals surface area contributed by atoms with Crippen LogP contribution in [0, 0.1) is 0 Å². The van der Waals surface area contributed by atoms with Gasteiger partial charge in [0.25, 0.3) is 0 Å². The van der Waals surface area contributed by atoms with Crippen LogP contribution in [0.3, 0.4) is 0 Å². The largest absolute Gasteiger partial charge is 0.380 e. The Hall–Kier alpha value is -1.97.